The Kier molecular flexibility index (Phi) is 2.87. The molecule has 1 aliphatic rings. The number of fused-ring (bicyclic) bond motifs is 1. The van der Waals surface area contributed by atoms with E-state index >= 15 is 0 Å². The van der Waals surface area contributed by atoms with E-state index in [0.717, 1.165) is 0 Å². The van der Waals surface area contributed by atoms with E-state index in [1.807, 2.05) is 0 Å². The average molecular weight is 244 g/mol. The normalized spacial score (nSPS) is 19.5. The Morgan fingerprint density at radius 1 is 1.11 bits per heavy atom. The fourth-order valence-corrected chi connectivity index (χ4v) is 1.99. The molecule has 92 valence electrons. The summed E-state index contributed by atoms with van der Waals surface area (Å²) in [5.41, 5.74) is 0.842. The van der Waals surface area contributed by atoms with Crippen LogP contribution >= 0.6 is 0 Å². The van der Waals surface area contributed by atoms with Gasteiger partial charge in [-0.25, -0.2) is 0 Å². The zero-order valence-corrected chi connectivity index (χ0v) is 10.4. The Bertz CT molecular complexity index is 579. The largest absolute Gasteiger partial charge is 0.449 e. The van der Waals surface area contributed by atoms with E-state index in [4.69, 9.17) is 4.42 Å². The number of furan rings is 1. The van der Waals surface area contributed by atoms with Crippen LogP contribution in [0.15, 0.2) is 33.8 Å². The van der Waals surface area contributed by atoms with Crippen LogP contribution in [0.1, 0.15) is 52.2 Å². The van der Waals surface area contributed by atoms with E-state index in [2.05, 4.69) is 0 Å². The van der Waals surface area contributed by atoms with Gasteiger partial charge in [-0.3, -0.25) is 14.4 Å². The molecule has 2 rings (SSSR count). The van der Waals surface area contributed by atoms with Crippen molar-refractivity contribution in [2.24, 2.45) is 0 Å². The van der Waals surface area contributed by atoms with Crippen LogP contribution in [0.5, 0.6) is 0 Å². The van der Waals surface area contributed by atoms with E-state index in [9.17, 15) is 14.4 Å². The molecule has 1 aromatic heterocycles. The van der Waals surface area contributed by atoms with Crippen LogP contribution < -0.4 is 0 Å². The third kappa shape index (κ3) is 1.57. The standard InChI is InChI=1S/C14H12O4/c1-4-8-9(5-2)13(17)14-10(12(8)16)6-11(18-14)7(3)15/h4-6H,1-3H3/b8-4+,9-5+. The van der Waals surface area contributed by atoms with Crippen molar-refractivity contribution in [2.45, 2.75) is 20.8 Å². The maximum atomic E-state index is 12.2. The average Bonchev–Trinajstić information content (AvgIpc) is 2.78. The van der Waals surface area contributed by atoms with Gasteiger partial charge < -0.3 is 4.42 Å². The van der Waals surface area contributed by atoms with Crippen molar-refractivity contribution in [1.82, 2.24) is 0 Å². The summed E-state index contributed by atoms with van der Waals surface area (Å²) in [6.45, 7) is 4.71. The van der Waals surface area contributed by atoms with E-state index in [0.29, 0.717) is 11.1 Å². The maximum absolute atomic E-state index is 12.2. The van der Waals surface area contributed by atoms with Crippen molar-refractivity contribution in [3.63, 3.8) is 0 Å². The molecule has 0 aromatic carbocycles. The lowest BCUT2D eigenvalue weighted by Gasteiger charge is -2.14. The summed E-state index contributed by atoms with van der Waals surface area (Å²) < 4.78 is 5.19. The molecule has 4 nitrogen and oxygen atoms in total. The van der Waals surface area contributed by atoms with Crippen LogP contribution in [0.25, 0.3) is 0 Å². The van der Waals surface area contributed by atoms with E-state index in [1.54, 1.807) is 26.0 Å². The summed E-state index contributed by atoms with van der Waals surface area (Å²) in [5.74, 6) is -0.948. The van der Waals surface area contributed by atoms with Gasteiger partial charge >= 0.3 is 0 Å². The number of carbonyl (C=O) groups excluding carboxylic acids is 3. The second-order valence-corrected chi connectivity index (χ2v) is 3.97. The maximum Gasteiger partial charge on any atom is 0.229 e. The summed E-state index contributed by atoms with van der Waals surface area (Å²) in [7, 11) is 0. The van der Waals surface area contributed by atoms with Crippen LogP contribution in [0, 0.1) is 0 Å². The first kappa shape index (κ1) is 12.2. The van der Waals surface area contributed by atoms with Crippen molar-refractivity contribution >= 4 is 17.3 Å². The monoisotopic (exact) mass is 244 g/mol. The van der Waals surface area contributed by atoms with Crippen molar-refractivity contribution in [2.75, 3.05) is 0 Å². The lowest BCUT2D eigenvalue weighted by molar-refractivity contribution is 0.0942. The highest BCUT2D eigenvalue weighted by molar-refractivity contribution is 6.30. The second kappa shape index (κ2) is 4.22. The van der Waals surface area contributed by atoms with E-state index in [1.165, 1.54) is 13.0 Å². The smallest absolute Gasteiger partial charge is 0.229 e. The van der Waals surface area contributed by atoms with Crippen molar-refractivity contribution in [1.29, 1.82) is 0 Å². The second-order valence-electron chi connectivity index (χ2n) is 3.97. The molecule has 0 bridgehead atoms. The molecule has 0 radical (unpaired) electrons. The molecule has 0 atom stereocenters. The molecule has 4 heteroatoms. The van der Waals surface area contributed by atoms with Gasteiger partial charge in [0.2, 0.25) is 5.78 Å². The van der Waals surface area contributed by atoms with Gasteiger partial charge in [-0.15, -0.1) is 0 Å². The van der Waals surface area contributed by atoms with Gasteiger partial charge in [0.05, 0.1) is 5.56 Å². The Labute approximate surface area is 104 Å². The van der Waals surface area contributed by atoms with Gasteiger partial charge in [0.1, 0.15) is 0 Å². The Balaban J connectivity index is 2.71. The van der Waals surface area contributed by atoms with Crippen LogP contribution in [0.4, 0.5) is 0 Å². The molecule has 0 spiro atoms. The number of allylic oxidation sites excluding steroid dienone is 4. The van der Waals surface area contributed by atoms with Crippen LogP contribution in [-0.2, 0) is 0 Å². The first-order valence-electron chi connectivity index (χ1n) is 5.58. The number of hydrogen-bond donors (Lipinski definition) is 0. The van der Waals surface area contributed by atoms with E-state index < -0.39 is 0 Å². The van der Waals surface area contributed by atoms with Gasteiger partial charge in [0.25, 0.3) is 0 Å². The Hall–Kier alpha value is -2.23. The van der Waals surface area contributed by atoms with Gasteiger partial charge in [-0.05, 0) is 19.9 Å². The molecule has 0 aliphatic heterocycles. The number of Topliss-reactive ketones (excluding diaryl/α,β-unsaturated/α-hetero) is 3. The molecule has 0 N–H and O–H groups in total. The van der Waals surface area contributed by atoms with Gasteiger partial charge in [0, 0.05) is 18.1 Å². The molecule has 0 fully saturated rings. The molecular weight excluding hydrogens is 232 g/mol. The van der Waals surface area contributed by atoms with Gasteiger partial charge in [-0.2, -0.15) is 0 Å². The quantitative estimate of drug-likeness (QED) is 0.562. The minimum Gasteiger partial charge on any atom is -0.449 e. The molecule has 1 aromatic rings. The summed E-state index contributed by atoms with van der Waals surface area (Å²) in [6, 6.07) is 1.34. The molecule has 0 saturated carbocycles. The predicted molar refractivity (Wildman–Crippen MR) is 64.9 cm³/mol. The molecule has 0 unspecified atom stereocenters. The minimum atomic E-state index is -0.354. The fraction of sp³-hybridized carbons (Fsp3) is 0.214. The number of rotatable bonds is 1. The third-order valence-electron chi connectivity index (χ3n) is 2.89. The predicted octanol–water partition coefficient (Wildman–Crippen LogP) is 2.75. The van der Waals surface area contributed by atoms with Crippen molar-refractivity contribution in [3.8, 4) is 0 Å². The van der Waals surface area contributed by atoms with Gasteiger partial charge in [0.15, 0.2) is 23.1 Å². The zero-order valence-electron chi connectivity index (χ0n) is 10.4. The summed E-state index contributed by atoms with van der Waals surface area (Å²) in [6.07, 6.45) is 3.17. The molecule has 18 heavy (non-hydrogen) atoms. The molecule has 0 saturated heterocycles. The topological polar surface area (TPSA) is 64.3 Å². The number of ketones is 3. The first-order valence-corrected chi connectivity index (χ1v) is 5.58. The third-order valence-corrected chi connectivity index (χ3v) is 2.89. The highest BCUT2D eigenvalue weighted by Gasteiger charge is 2.35. The summed E-state index contributed by atoms with van der Waals surface area (Å²) in [5, 5.41) is 0. The molecular formula is C14H12O4. The van der Waals surface area contributed by atoms with Crippen molar-refractivity contribution < 1.29 is 18.8 Å². The lowest BCUT2D eigenvalue weighted by atomic mass is 9.86. The fourth-order valence-electron chi connectivity index (χ4n) is 1.99. The van der Waals surface area contributed by atoms with Gasteiger partial charge in [-0.1, -0.05) is 12.2 Å². The van der Waals surface area contributed by atoms with Crippen LogP contribution in [-0.4, -0.2) is 17.3 Å². The lowest BCUT2D eigenvalue weighted by Crippen LogP contribution is -2.20. The van der Waals surface area contributed by atoms with E-state index in [-0.39, 0.29) is 34.4 Å². The minimum absolute atomic E-state index is 0.0366. The Morgan fingerprint density at radius 3 is 2.17 bits per heavy atom. The van der Waals surface area contributed by atoms with Crippen molar-refractivity contribution in [3.05, 3.63) is 46.4 Å². The van der Waals surface area contributed by atoms with Crippen LogP contribution in [0.2, 0.25) is 0 Å². The molecule has 1 aliphatic carbocycles. The molecule has 0 amide bonds. The summed E-state index contributed by atoms with van der Waals surface area (Å²) >= 11 is 0. The van der Waals surface area contributed by atoms with Crippen LogP contribution in [0.3, 0.4) is 0 Å². The number of hydrogen-bond acceptors (Lipinski definition) is 4. The SMILES string of the molecule is C/C=C1/C(=O)c2cc(C(C)=O)oc2C(=O)/C1=C/C. The summed E-state index contributed by atoms with van der Waals surface area (Å²) in [4.78, 5) is 35.5. The molecule has 1 heterocycles. The highest BCUT2D eigenvalue weighted by Crippen LogP contribution is 2.31. The zero-order chi connectivity index (χ0) is 13.4. The Morgan fingerprint density at radius 2 is 1.67 bits per heavy atom. The highest BCUT2D eigenvalue weighted by atomic mass is 16.4. The number of carbonyl (C=O) groups is 3. The first-order chi connectivity index (χ1) is 8.51.